The van der Waals surface area contributed by atoms with E-state index in [0.717, 1.165) is 30.6 Å². The van der Waals surface area contributed by atoms with Crippen LogP contribution in [0.25, 0.3) is 0 Å². The van der Waals surface area contributed by atoms with Crippen molar-refractivity contribution in [2.75, 3.05) is 48.9 Å². The van der Waals surface area contributed by atoms with Gasteiger partial charge in [-0.15, -0.1) is 0 Å². The van der Waals surface area contributed by atoms with Gasteiger partial charge in [0.1, 0.15) is 17.0 Å². The zero-order valence-corrected chi connectivity index (χ0v) is 25.7. The van der Waals surface area contributed by atoms with Crippen molar-refractivity contribution in [3.8, 4) is 5.75 Å². The molecule has 2 N–H and O–H groups in total. The maximum absolute atomic E-state index is 14.9. The number of ether oxygens (including phenoxy) is 2. The number of likely N-dealkylation sites (tertiary alicyclic amines) is 1. The zero-order chi connectivity index (χ0) is 31.8. The quantitative estimate of drug-likeness (QED) is 0.488. The molecule has 1 aromatic heterocycles. The first-order valence-corrected chi connectivity index (χ1v) is 14.8. The summed E-state index contributed by atoms with van der Waals surface area (Å²) in [6, 6.07) is 4.43. The van der Waals surface area contributed by atoms with Gasteiger partial charge in [0, 0.05) is 37.8 Å². The van der Waals surface area contributed by atoms with Gasteiger partial charge >= 0.3 is 12.0 Å². The van der Waals surface area contributed by atoms with Crippen molar-refractivity contribution in [3.05, 3.63) is 30.0 Å². The lowest BCUT2D eigenvalue weighted by Gasteiger charge is -2.31. The fourth-order valence-corrected chi connectivity index (χ4v) is 5.80. The van der Waals surface area contributed by atoms with E-state index >= 15 is 0 Å². The van der Waals surface area contributed by atoms with Gasteiger partial charge in [0.05, 0.1) is 25.5 Å². The first kappa shape index (κ1) is 31.2. The monoisotopic (exact) mass is 615 g/mol. The molecule has 2 aromatic rings. The van der Waals surface area contributed by atoms with Crippen molar-refractivity contribution in [3.63, 3.8) is 0 Å². The minimum Gasteiger partial charge on any atom is -0.495 e. The van der Waals surface area contributed by atoms with E-state index < -0.39 is 30.1 Å². The van der Waals surface area contributed by atoms with Crippen molar-refractivity contribution in [2.45, 2.75) is 76.5 Å². The van der Waals surface area contributed by atoms with E-state index in [9.17, 15) is 23.2 Å². The number of nitrogens with one attached hydrogen (secondary N) is 2. The second-order valence-corrected chi connectivity index (χ2v) is 12.5. The van der Waals surface area contributed by atoms with E-state index in [1.807, 2.05) is 0 Å². The number of aromatic nitrogens is 2. The highest BCUT2D eigenvalue weighted by Gasteiger charge is 2.48. The van der Waals surface area contributed by atoms with E-state index in [2.05, 4.69) is 20.6 Å². The number of carbonyl (C=O) groups is 3. The predicted molar refractivity (Wildman–Crippen MR) is 160 cm³/mol. The maximum atomic E-state index is 14.9. The molecule has 1 saturated heterocycles. The number of alkyl halides is 2. The summed E-state index contributed by atoms with van der Waals surface area (Å²) in [5, 5.41) is 6.03. The minimum atomic E-state index is -3.57. The van der Waals surface area contributed by atoms with Crippen LogP contribution in [0.3, 0.4) is 0 Å². The smallest absolute Gasteiger partial charge is 0.410 e. The molecule has 1 aliphatic carbocycles. The normalized spacial score (nSPS) is 20.3. The summed E-state index contributed by atoms with van der Waals surface area (Å²) in [5.74, 6) is -4.47. The van der Waals surface area contributed by atoms with E-state index in [1.165, 1.54) is 25.3 Å². The molecule has 14 heteroatoms. The highest BCUT2D eigenvalue weighted by molar-refractivity contribution is 6.02. The number of benzene rings is 1. The van der Waals surface area contributed by atoms with Crippen LogP contribution in [0.2, 0.25) is 0 Å². The Morgan fingerprint density at radius 1 is 1.14 bits per heavy atom. The Bertz CT molecular complexity index is 1430. The molecule has 3 heterocycles. The SMILES string of the molecule is COc1cc(C(=O)N[C@H]2CCN(C(=O)OC(C)(C)C)C2)ccc1Nc1ncc2c(n1)N(C1CCCC1)CC(F)(F)C(=O)N2C. The van der Waals surface area contributed by atoms with Gasteiger partial charge in [-0.3, -0.25) is 9.59 Å². The minimum absolute atomic E-state index is 0.126. The summed E-state index contributed by atoms with van der Waals surface area (Å²) in [6.07, 6.45) is 4.85. The van der Waals surface area contributed by atoms with E-state index in [4.69, 9.17) is 9.47 Å². The molecule has 5 rings (SSSR count). The van der Waals surface area contributed by atoms with Crippen LogP contribution in [0, 0.1) is 0 Å². The molecular formula is C30H39F2N7O5. The van der Waals surface area contributed by atoms with Gasteiger partial charge in [-0.1, -0.05) is 12.8 Å². The molecule has 2 aliphatic heterocycles. The van der Waals surface area contributed by atoms with Crippen LogP contribution in [0.5, 0.6) is 5.75 Å². The molecule has 0 spiro atoms. The number of hydrogen-bond donors (Lipinski definition) is 2. The third-order valence-corrected chi connectivity index (χ3v) is 8.02. The van der Waals surface area contributed by atoms with Gasteiger partial charge in [-0.05, 0) is 58.2 Å². The second kappa shape index (κ2) is 12.0. The molecule has 0 bridgehead atoms. The largest absolute Gasteiger partial charge is 0.495 e. The summed E-state index contributed by atoms with van der Waals surface area (Å²) in [6.45, 7) is 5.48. The lowest BCUT2D eigenvalue weighted by atomic mass is 10.1. The number of amides is 3. The Kier molecular flexibility index (Phi) is 8.54. The van der Waals surface area contributed by atoms with Crippen LogP contribution in [-0.4, -0.2) is 90.2 Å². The number of rotatable bonds is 6. The van der Waals surface area contributed by atoms with Crippen LogP contribution in [0.1, 0.15) is 63.2 Å². The van der Waals surface area contributed by atoms with Gasteiger partial charge in [0.2, 0.25) is 5.95 Å². The fraction of sp³-hybridized carbons (Fsp3) is 0.567. The number of methoxy groups -OCH3 is 1. The molecule has 3 aliphatic rings. The topological polar surface area (TPSA) is 129 Å². The van der Waals surface area contributed by atoms with Crippen molar-refractivity contribution >= 4 is 41.0 Å². The number of halogens is 2. The van der Waals surface area contributed by atoms with Gasteiger partial charge in [0.15, 0.2) is 5.82 Å². The number of carbonyl (C=O) groups excluding carboxylic acids is 3. The molecule has 0 radical (unpaired) electrons. The highest BCUT2D eigenvalue weighted by atomic mass is 19.3. The molecular weight excluding hydrogens is 576 g/mol. The van der Waals surface area contributed by atoms with Gasteiger partial charge in [-0.25, -0.2) is 9.78 Å². The average Bonchev–Trinajstić information content (AvgIpc) is 3.66. The molecule has 2 fully saturated rings. The second-order valence-electron chi connectivity index (χ2n) is 12.5. The van der Waals surface area contributed by atoms with E-state index in [-0.39, 0.29) is 35.4 Å². The molecule has 238 valence electrons. The molecule has 1 atom stereocenters. The lowest BCUT2D eigenvalue weighted by Crippen LogP contribution is -2.48. The van der Waals surface area contributed by atoms with E-state index in [1.54, 1.807) is 43.9 Å². The summed E-state index contributed by atoms with van der Waals surface area (Å²) in [5.41, 5.74) is 0.409. The Morgan fingerprint density at radius 3 is 2.55 bits per heavy atom. The van der Waals surface area contributed by atoms with Gasteiger partial charge in [0.25, 0.3) is 11.8 Å². The molecule has 12 nitrogen and oxygen atoms in total. The van der Waals surface area contributed by atoms with Crippen molar-refractivity contribution in [1.82, 2.24) is 20.2 Å². The van der Waals surface area contributed by atoms with Crippen LogP contribution in [0.4, 0.5) is 36.7 Å². The third-order valence-electron chi connectivity index (χ3n) is 8.02. The Labute approximate surface area is 255 Å². The van der Waals surface area contributed by atoms with Crippen LogP contribution in [-0.2, 0) is 9.53 Å². The van der Waals surface area contributed by atoms with Crippen LogP contribution < -0.4 is 25.2 Å². The Balaban J connectivity index is 1.31. The van der Waals surface area contributed by atoms with Crippen molar-refractivity contribution in [2.24, 2.45) is 0 Å². The number of nitrogens with zero attached hydrogens (tertiary/aromatic N) is 5. The molecule has 0 unspecified atom stereocenters. The number of hydrogen-bond acceptors (Lipinski definition) is 9. The summed E-state index contributed by atoms with van der Waals surface area (Å²) in [7, 11) is 2.76. The average molecular weight is 616 g/mol. The highest BCUT2D eigenvalue weighted by Crippen LogP contribution is 2.40. The van der Waals surface area contributed by atoms with Crippen LogP contribution in [0.15, 0.2) is 24.4 Å². The standard InChI is InChI=1S/C30H39F2N7O5/c1-29(2,3)44-28(42)38-13-12-19(16-38)34-25(40)18-10-11-21(23(14-18)43-5)35-27-33-15-22-24(36-27)39(20-8-6-7-9-20)17-30(31,32)26(41)37(22)4/h10-11,14-15,19-20H,6-9,12-13,16-17H2,1-5H3,(H,34,40)(H,33,35,36)/t19-/m0/s1. The third kappa shape index (κ3) is 6.63. The zero-order valence-electron chi connectivity index (χ0n) is 25.7. The van der Waals surface area contributed by atoms with Crippen LogP contribution >= 0.6 is 0 Å². The number of anilines is 4. The van der Waals surface area contributed by atoms with Gasteiger partial charge < -0.3 is 34.8 Å². The maximum Gasteiger partial charge on any atom is 0.410 e. The predicted octanol–water partition coefficient (Wildman–Crippen LogP) is 4.33. The van der Waals surface area contributed by atoms with E-state index in [0.29, 0.717) is 36.5 Å². The fourth-order valence-electron chi connectivity index (χ4n) is 5.80. The summed E-state index contributed by atoms with van der Waals surface area (Å²) < 4.78 is 40.8. The van der Waals surface area contributed by atoms with Crippen molar-refractivity contribution in [1.29, 1.82) is 0 Å². The Hall–Kier alpha value is -4.23. The molecule has 44 heavy (non-hydrogen) atoms. The summed E-state index contributed by atoms with van der Waals surface area (Å²) >= 11 is 0. The summed E-state index contributed by atoms with van der Waals surface area (Å²) in [4.78, 5) is 50.9. The molecule has 1 saturated carbocycles. The lowest BCUT2D eigenvalue weighted by molar-refractivity contribution is -0.140. The van der Waals surface area contributed by atoms with Crippen molar-refractivity contribution < 1.29 is 32.6 Å². The molecule has 3 amide bonds. The molecule has 1 aromatic carbocycles. The Morgan fingerprint density at radius 2 is 1.86 bits per heavy atom. The van der Waals surface area contributed by atoms with Gasteiger partial charge in [-0.2, -0.15) is 13.8 Å². The first-order chi connectivity index (χ1) is 20.8. The first-order valence-electron chi connectivity index (χ1n) is 14.8. The number of fused-ring (bicyclic) bond motifs is 1.